The van der Waals surface area contributed by atoms with Crippen LogP contribution in [0, 0.1) is 5.92 Å². The summed E-state index contributed by atoms with van der Waals surface area (Å²) < 4.78 is 0. The molecule has 0 spiro atoms. The Balaban J connectivity index is 2.19. The molecule has 0 aliphatic carbocycles. The molecule has 1 aromatic carbocycles. The van der Waals surface area contributed by atoms with Crippen molar-refractivity contribution in [1.82, 2.24) is 20.9 Å². The number of fused-ring (bicyclic) bond motifs is 1. The molecule has 180 valence electrons. The number of carboxylic acids is 1. The van der Waals surface area contributed by atoms with Crippen LogP contribution in [0.2, 0.25) is 0 Å². The van der Waals surface area contributed by atoms with Gasteiger partial charge in [-0.1, -0.05) is 38.5 Å². The Kier molecular flexibility index (Phi) is 9.37. The van der Waals surface area contributed by atoms with Crippen molar-refractivity contribution in [2.24, 2.45) is 11.7 Å². The number of hydrogen-bond donors (Lipinski definition) is 7. The van der Waals surface area contributed by atoms with E-state index in [4.69, 9.17) is 10.8 Å². The van der Waals surface area contributed by atoms with Crippen molar-refractivity contribution in [3.63, 3.8) is 0 Å². The van der Waals surface area contributed by atoms with Gasteiger partial charge in [0.2, 0.25) is 17.7 Å². The number of benzene rings is 1. The molecule has 2 aromatic rings. The van der Waals surface area contributed by atoms with Crippen molar-refractivity contribution in [1.29, 1.82) is 0 Å². The Morgan fingerprint density at radius 3 is 2.45 bits per heavy atom. The van der Waals surface area contributed by atoms with E-state index in [1.807, 2.05) is 31.2 Å². The fourth-order valence-corrected chi connectivity index (χ4v) is 3.29. The molecule has 1 aromatic heterocycles. The Labute approximate surface area is 191 Å². The molecule has 11 heteroatoms. The smallest absolute Gasteiger partial charge is 0.326 e. The third kappa shape index (κ3) is 7.02. The SMILES string of the molecule is CCC(C)C(NC(=O)C(Cc1c[nH]c2ccccc12)NC(=O)CNC(=O)C(N)CO)C(=O)O. The minimum Gasteiger partial charge on any atom is -0.480 e. The highest BCUT2D eigenvalue weighted by atomic mass is 16.4. The summed E-state index contributed by atoms with van der Waals surface area (Å²) in [6.07, 6.45) is 2.36. The first-order valence-corrected chi connectivity index (χ1v) is 10.7. The van der Waals surface area contributed by atoms with Gasteiger partial charge in [0.25, 0.3) is 0 Å². The number of nitrogens with two attached hydrogens (primary N) is 1. The van der Waals surface area contributed by atoms with Gasteiger partial charge in [0, 0.05) is 23.5 Å². The summed E-state index contributed by atoms with van der Waals surface area (Å²) in [5.74, 6) is -3.52. The maximum Gasteiger partial charge on any atom is 0.326 e. The predicted molar refractivity (Wildman–Crippen MR) is 121 cm³/mol. The second kappa shape index (κ2) is 12.0. The van der Waals surface area contributed by atoms with E-state index in [1.54, 1.807) is 13.1 Å². The number of carbonyl (C=O) groups excluding carboxylic acids is 3. The molecule has 0 fully saturated rings. The molecule has 4 atom stereocenters. The number of carboxylic acid groups (broad SMARTS) is 1. The summed E-state index contributed by atoms with van der Waals surface area (Å²) in [7, 11) is 0. The van der Waals surface area contributed by atoms with Gasteiger partial charge in [-0.15, -0.1) is 0 Å². The van der Waals surface area contributed by atoms with Crippen molar-refractivity contribution in [3.05, 3.63) is 36.0 Å². The molecule has 0 radical (unpaired) electrons. The van der Waals surface area contributed by atoms with Crippen LogP contribution in [0.5, 0.6) is 0 Å². The first kappa shape index (κ1) is 25.8. The van der Waals surface area contributed by atoms with Crippen LogP contribution in [0.1, 0.15) is 25.8 Å². The lowest BCUT2D eigenvalue weighted by atomic mass is 9.98. The Bertz CT molecular complexity index is 991. The van der Waals surface area contributed by atoms with Crippen LogP contribution in [-0.2, 0) is 25.6 Å². The first-order valence-electron chi connectivity index (χ1n) is 10.7. The van der Waals surface area contributed by atoms with E-state index in [2.05, 4.69) is 20.9 Å². The van der Waals surface area contributed by atoms with E-state index < -0.39 is 55.0 Å². The third-order valence-electron chi connectivity index (χ3n) is 5.48. The van der Waals surface area contributed by atoms with E-state index in [-0.39, 0.29) is 12.3 Å². The van der Waals surface area contributed by atoms with Crippen LogP contribution in [0.4, 0.5) is 0 Å². The molecule has 0 saturated heterocycles. The first-order chi connectivity index (χ1) is 15.7. The van der Waals surface area contributed by atoms with Crippen molar-refractivity contribution in [2.75, 3.05) is 13.2 Å². The number of carbonyl (C=O) groups is 4. The summed E-state index contributed by atoms with van der Waals surface area (Å²) in [6.45, 7) is 2.49. The van der Waals surface area contributed by atoms with Crippen LogP contribution in [0.25, 0.3) is 10.9 Å². The van der Waals surface area contributed by atoms with E-state index >= 15 is 0 Å². The highest BCUT2D eigenvalue weighted by molar-refractivity contribution is 5.93. The molecule has 2 rings (SSSR count). The number of aliphatic hydroxyl groups is 1. The molecule has 4 unspecified atom stereocenters. The van der Waals surface area contributed by atoms with Crippen molar-refractivity contribution in [2.45, 2.75) is 44.8 Å². The van der Waals surface area contributed by atoms with E-state index in [1.165, 1.54) is 0 Å². The fraction of sp³-hybridized carbons (Fsp3) is 0.455. The van der Waals surface area contributed by atoms with E-state index in [0.29, 0.717) is 6.42 Å². The molecular formula is C22H31N5O6. The summed E-state index contributed by atoms with van der Waals surface area (Å²) in [5, 5.41) is 26.7. The van der Waals surface area contributed by atoms with Gasteiger partial charge >= 0.3 is 5.97 Å². The van der Waals surface area contributed by atoms with Gasteiger partial charge in [-0.05, 0) is 17.5 Å². The van der Waals surface area contributed by atoms with Crippen molar-refractivity contribution < 1.29 is 29.4 Å². The van der Waals surface area contributed by atoms with Crippen LogP contribution >= 0.6 is 0 Å². The molecule has 1 heterocycles. The highest BCUT2D eigenvalue weighted by Gasteiger charge is 2.30. The maximum absolute atomic E-state index is 13.0. The molecule has 0 bridgehead atoms. The number of aromatic amines is 1. The van der Waals surface area contributed by atoms with Crippen molar-refractivity contribution >= 4 is 34.6 Å². The summed E-state index contributed by atoms with van der Waals surface area (Å²) >= 11 is 0. The van der Waals surface area contributed by atoms with Crippen molar-refractivity contribution in [3.8, 4) is 0 Å². The van der Waals surface area contributed by atoms with Crippen LogP contribution in [-0.4, -0.2) is 70.2 Å². The lowest BCUT2D eigenvalue weighted by molar-refractivity contribution is -0.143. The second-order valence-electron chi connectivity index (χ2n) is 7.90. The number of amides is 3. The number of rotatable bonds is 12. The molecule has 3 amide bonds. The van der Waals surface area contributed by atoms with Crippen LogP contribution in [0.3, 0.4) is 0 Å². The molecule has 11 nitrogen and oxygen atoms in total. The number of aliphatic carboxylic acids is 1. The van der Waals surface area contributed by atoms with Crippen LogP contribution in [0.15, 0.2) is 30.5 Å². The zero-order valence-electron chi connectivity index (χ0n) is 18.6. The van der Waals surface area contributed by atoms with Gasteiger partial charge in [0.15, 0.2) is 0 Å². The largest absolute Gasteiger partial charge is 0.480 e. The minimum absolute atomic E-state index is 0.0958. The quantitative estimate of drug-likeness (QED) is 0.216. The Morgan fingerprint density at radius 1 is 1.12 bits per heavy atom. The van der Waals surface area contributed by atoms with Gasteiger partial charge in [0.05, 0.1) is 13.2 Å². The van der Waals surface area contributed by atoms with Crippen LogP contribution < -0.4 is 21.7 Å². The lowest BCUT2D eigenvalue weighted by Gasteiger charge is -2.24. The number of aliphatic hydroxyl groups excluding tert-OH is 1. The highest BCUT2D eigenvalue weighted by Crippen LogP contribution is 2.19. The minimum atomic E-state index is -1.17. The molecule has 33 heavy (non-hydrogen) atoms. The molecule has 0 aliphatic rings. The topological polar surface area (TPSA) is 187 Å². The standard InChI is InChI=1S/C22H31N5O6/c1-3-12(2)19(22(32)33)27-21(31)17(26-18(29)10-25-20(30)15(23)11-28)8-13-9-24-16-7-5-4-6-14(13)16/h4-7,9,12,15,17,19,24,28H,3,8,10-11,23H2,1-2H3,(H,25,30)(H,26,29)(H,27,31)(H,32,33). The maximum atomic E-state index is 13.0. The molecule has 8 N–H and O–H groups in total. The third-order valence-corrected chi connectivity index (χ3v) is 5.48. The number of para-hydroxylation sites is 1. The fourth-order valence-electron chi connectivity index (χ4n) is 3.29. The predicted octanol–water partition coefficient (Wildman–Crippen LogP) is -0.753. The number of nitrogens with one attached hydrogen (secondary N) is 4. The monoisotopic (exact) mass is 461 g/mol. The van der Waals surface area contributed by atoms with Gasteiger partial charge in [-0.2, -0.15) is 0 Å². The number of aromatic nitrogens is 1. The summed E-state index contributed by atoms with van der Waals surface area (Å²) in [6, 6.07) is 4.06. The Morgan fingerprint density at radius 2 is 1.82 bits per heavy atom. The summed E-state index contributed by atoms with van der Waals surface area (Å²) in [4.78, 5) is 51.9. The average Bonchev–Trinajstić information content (AvgIpc) is 3.21. The zero-order chi connectivity index (χ0) is 24.5. The van der Waals surface area contributed by atoms with Gasteiger partial charge < -0.3 is 36.9 Å². The normalized spacial score (nSPS) is 14.7. The second-order valence-corrected chi connectivity index (χ2v) is 7.90. The molecule has 0 saturated carbocycles. The van der Waals surface area contributed by atoms with Gasteiger partial charge in [-0.3, -0.25) is 14.4 Å². The number of H-pyrrole nitrogens is 1. The lowest BCUT2D eigenvalue weighted by Crippen LogP contribution is -2.55. The number of hydrogen-bond acceptors (Lipinski definition) is 6. The van der Waals surface area contributed by atoms with E-state index in [0.717, 1.165) is 16.5 Å². The average molecular weight is 462 g/mol. The van der Waals surface area contributed by atoms with Gasteiger partial charge in [0.1, 0.15) is 18.1 Å². The Hall–Kier alpha value is -3.44. The van der Waals surface area contributed by atoms with E-state index in [9.17, 15) is 24.3 Å². The zero-order valence-corrected chi connectivity index (χ0v) is 18.6. The van der Waals surface area contributed by atoms with Gasteiger partial charge in [-0.25, -0.2) is 4.79 Å². The summed E-state index contributed by atoms with van der Waals surface area (Å²) in [5.41, 5.74) is 7.01. The molecule has 0 aliphatic heterocycles. The molecular weight excluding hydrogens is 430 g/mol.